The highest BCUT2D eigenvalue weighted by molar-refractivity contribution is 6.08. The summed E-state index contributed by atoms with van der Waals surface area (Å²) < 4.78 is 0. The van der Waals surface area contributed by atoms with Gasteiger partial charge in [-0.2, -0.15) is 0 Å². The van der Waals surface area contributed by atoms with E-state index in [1.807, 2.05) is 0 Å². The van der Waals surface area contributed by atoms with Crippen molar-refractivity contribution in [3.8, 4) is 0 Å². The molecule has 0 heterocycles. The lowest BCUT2D eigenvalue weighted by Crippen LogP contribution is -1.55. The van der Waals surface area contributed by atoms with Crippen LogP contribution in [0.15, 0.2) is 0 Å². The van der Waals surface area contributed by atoms with E-state index in [2.05, 4.69) is 6.92 Å². The SMILES string of the molecule is C.[B]CCC. The molecule has 0 aromatic heterocycles. The molecule has 0 saturated carbocycles. The van der Waals surface area contributed by atoms with Crippen LogP contribution in [0.1, 0.15) is 20.8 Å². The summed E-state index contributed by atoms with van der Waals surface area (Å²) in [5, 5.41) is 0. The lowest BCUT2D eigenvalue weighted by Gasteiger charge is -1.67. The van der Waals surface area contributed by atoms with E-state index >= 15 is 0 Å². The highest BCUT2D eigenvalue weighted by Crippen LogP contribution is 1.73. The maximum Gasteiger partial charge on any atom is 0.0652 e. The van der Waals surface area contributed by atoms with Gasteiger partial charge in [-0.15, -0.1) is 0 Å². The van der Waals surface area contributed by atoms with Gasteiger partial charge in [0.15, 0.2) is 0 Å². The van der Waals surface area contributed by atoms with Crippen molar-refractivity contribution in [3.05, 3.63) is 0 Å². The first-order valence-corrected chi connectivity index (χ1v) is 1.62. The Hall–Kier alpha value is 0.0649. The molecule has 0 aliphatic heterocycles. The summed E-state index contributed by atoms with van der Waals surface area (Å²) in [6, 6.07) is 0. The van der Waals surface area contributed by atoms with Gasteiger partial charge < -0.3 is 0 Å². The predicted octanol–water partition coefficient (Wildman–Crippen LogP) is 1.62. The molecule has 0 N–H and O–H groups in total. The van der Waals surface area contributed by atoms with Crippen molar-refractivity contribution in [3.63, 3.8) is 0 Å². The van der Waals surface area contributed by atoms with E-state index < -0.39 is 0 Å². The number of hydrogen-bond acceptors (Lipinski definition) is 0. The molecule has 0 bridgehead atoms. The van der Waals surface area contributed by atoms with Gasteiger partial charge in [0.2, 0.25) is 0 Å². The zero-order valence-electron chi connectivity index (χ0n) is 2.99. The van der Waals surface area contributed by atoms with Crippen LogP contribution in [0.3, 0.4) is 0 Å². The lowest BCUT2D eigenvalue weighted by molar-refractivity contribution is 1.08. The Morgan fingerprint density at radius 3 is 1.80 bits per heavy atom. The van der Waals surface area contributed by atoms with Crippen molar-refractivity contribution in [2.45, 2.75) is 27.1 Å². The third kappa shape index (κ3) is 15.3. The second kappa shape index (κ2) is 8.96. The fraction of sp³-hybridized carbons (Fsp3) is 1.00. The molecule has 0 atom stereocenters. The zero-order valence-corrected chi connectivity index (χ0v) is 2.99. The second-order valence-electron chi connectivity index (χ2n) is 0.789. The van der Waals surface area contributed by atoms with Crippen molar-refractivity contribution < 1.29 is 0 Å². The Kier molecular flexibility index (Phi) is 16.0. The van der Waals surface area contributed by atoms with Gasteiger partial charge in [-0.05, 0) is 0 Å². The Labute approximate surface area is 36.0 Å². The predicted molar refractivity (Wildman–Crippen MR) is 27.6 cm³/mol. The van der Waals surface area contributed by atoms with Crippen LogP contribution in [0, 0.1) is 0 Å². The van der Waals surface area contributed by atoms with Crippen LogP contribution in [-0.2, 0) is 0 Å². The van der Waals surface area contributed by atoms with Crippen LogP contribution >= 0.6 is 0 Å². The summed E-state index contributed by atoms with van der Waals surface area (Å²) in [7, 11) is 5.03. The maximum absolute atomic E-state index is 5.03. The first-order valence-electron chi connectivity index (χ1n) is 1.62. The molecule has 30 valence electrons. The van der Waals surface area contributed by atoms with E-state index in [4.69, 9.17) is 7.85 Å². The molecule has 0 unspecified atom stereocenters. The molecular formula is C4H11B. The van der Waals surface area contributed by atoms with Crippen LogP contribution in [0.25, 0.3) is 0 Å². The number of rotatable bonds is 1. The standard InChI is InChI=1S/C3H7B.CH4/c1-2-3-4;/h2-3H2,1H3;1H4. The molecule has 0 aromatic carbocycles. The Balaban J connectivity index is 0. The van der Waals surface area contributed by atoms with E-state index in [1.165, 1.54) is 0 Å². The minimum atomic E-state index is 0. The monoisotopic (exact) mass is 70.1 g/mol. The first-order chi connectivity index (χ1) is 1.91. The molecule has 0 nitrogen and oxygen atoms in total. The largest absolute Gasteiger partial charge is 0.0889 e. The summed E-state index contributed by atoms with van der Waals surface area (Å²) in [6.45, 7) is 2.06. The quantitative estimate of drug-likeness (QED) is 0.411. The van der Waals surface area contributed by atoms with Crippen molar-refractivity contribution in [1.29, 1.82) is 0 Å². The van der Waals surface area contributed by atoms with Gasteiger partial charge in [0.1, 0.15) is 0 Å². The third-order valence-electron chi connectivity index (χ3n) is 0.289. The molecule has 0 spiro atoms. The summed E-state index contributed by atoms with van der Waals surface area (Å²) in [5.41, 5.74) is 0. The van der Waals surface area contributed by atoms with Gasteiger partial charge in [0.05, 0.1) is 7.85 Å². The van der Waals surface area contributed by atoms with E-state index in [9.17, 15) is 0 Å². The maximum atomic E-state index is 5.03. The van der Waals surface area contributed by atoms with Gasteiger partial charge >= 0.3 is 0 Å². The van der Waals surface area contributed by atoms with E-state index in [0.717, 1.165) is 12.7 Å². The third-order valence-corrected chi connectivity index (χ3v) is 0.289. The summed E-state index contributed by atoms with van der Waals surface area (Å²) in [6.07, 6.45) is 1.92. The summed E-state index contributed by atoms with van der Waals surface area (Å²) >= 11 is 0. The van der Waals surface area contributed by atoms with Gasteiger partial charge in [0.25, 0.3) is 0 Å². The van der Waals surface area contributed by atoms with E-state index in [1.54, 1.807) is 0 Å². The van der Waals surface area contributed by atoms with Gasteiger partial charge in [0, 0.05) is 0 Å². The fourth-order valence-corrected chi connectivity index (χ4v) is 0. The lowest BCUT2D eigenvalue weighted by atomic mass is 10.0. The first kappa shape index (κ1) is 8.91. The highest BCUT2D eigenvalue weighted by Gasteiger charge is 1.57. The average molecular weight is 69.9 g/mol. The van der Waals surface area contributed by atoms with Crippen LogP contribution in [0.5, 0.6) is 0 Å². The van der Waals surface area contributed by atoms with Crippen molar-refractivity contribution >= 4 is 7.85 Å². The van der Waals surface area contributed by atoms with E-state index in [-0.39, 0.29) is 7.43 Å². The van der Waals surface area contributed by atoms with Crippen LogP contribution in [0.4, 0.5) is 0 Å². The fourth-order valence-electron chi connectivity index (χ4n) is 0. The average Bonchev–Trinajstić information content (AvgIpc) is 1.37. The van der Waals surface area contributed by atoms with Gasteiger partial charge in [-0.3, -0.25) is 0 Å². The van der Waals surface area contributed by atoms with Gasteiger partial charge in [-0.1, -0.05) is 27.1 Å². The van der Waals surface area contributed by atoms with Crippen LogP contribution < -0.4 is 0 Å². The minimum Gasteiger partial charge on any atom is -0.0889 e. The molecule has 0 saturated heterocycles. The van der Waals surface area contributed by atoms with E-state index in [0.29, 0.717) is 0 Å². The van der Waals surface area contributed by atoms with Crippen molar-refractivity contribution in [2.24, 2.45) is 0 Å². The van der Waals surface area contributed by atoms with Crippen LogP contribution in [0.2, 0.25) is 6.32 Å². The highest BCUT2D eigenvalue weighted by atomic mass is 13.5. The molecule has 5 heavy (non-hydrogen) atoms. The Bertz CT molecular complexity index is 5.61. The normalized spacial score (nSPS) is 5.80. The number of hydrogen-bond donors (Lipinski definition) is 0. The summed E-state index contributed by atoms with van der Waals surface area (Å²) in [4.78, 5) is 0. The Morgan fingerprint density at radius 2 is 1.80 bits per heavy atom. The van der Waals surface area contributed by atoms with Gasteiger partial charge in [-0.25, -0.2) is 0 Å². The van der Waals surface area contributed by atoms with Crippen molar-refractivity contribution in [1.82, 2.24) is 0 Å². The smallest absolute Gasteiger partial charge is 0.0652 e. The minimum absolute atomic E-state index is 0. The Morgan fingerprint density at radius 1 is 1.60 bits per heavy atom. The molecule has 0 aliphatic carbocycles. The topological polar surface area (TPSA) is 0 Å². The summed E-state index contributed by atoms with van der Waals surface area (Å²) in [5.74, 6) is 0. The van der Waals surface area contributed by atoms with Crippen molar-refractivity contribution in [2.75, 3.05) is 0 Å². The molecule has 0 amide bonds. The molecule has 0 rings (SSSR count). The molecule has 1 heteroatoms. The molecular weight excluding hydrogens is 58.9 g/mol. The second-order valence-corrected chi connectivity index (χ2v) is 0.789. The molecule has 0 aliphatic rings. The molecule has 0 fully saturated rings. The molecule has 0 aromatic rings. The molecule has 2 radical (unpaired) electrons. The zero-order chi connectivity index (χ0) is 3.41. The van der Waals surface area contributed by atoms with Crippen LogP contribution in [-0.4, -0.2) is 7.85 Å².